The fourth-order valence-corrected chi connectivity index (χ4v) is 2.75. The Kier molecular flexibility index (Phi) is 7.13. The monoisotopic (exact) mass is 343 g/mol. The fraction of sp³-hybridized carbons (Fsp3) is 0.526. The Morgan fingerprint density at radius 1 is 1.28 bits per heavy atom. The second-order valence-electron chi connectivity index (χ2n) is 6.51. The number of benzene rings is 1. The first kappa shape index (κ1) is 19.1. The third-order valence-corrected chi connectivity index (χ3v) is 4.41. The molecular formula is C19H29N5O. The first-order valence-corrected chi connectivity index (χ1v) is 8.95. The Morgan fingerprint density at radius 2 is 2.00 bits per heavy atom. The van der Waals surface area contributed by atoms with Crippen LogP contribution in [0.3, 0.4) is 0 Å². The molecular weight excluding hydrogens is 314 g/mol. The van der Waals surface area contributed by atoms with E-state index in [0.29, 0.717) is 18.2 Å². The summed E-state index contributed by atoms with van der Waals surface area (Å²) in [5.41, 5.74) is 1.93. The van der Waals surface area contributed by atoms with E-state index in [1.807, 2.05) is 31.3 Å². The smallest absolute Gasteiger partial charge is 0.251 e. The lowest BCUT2D eigenvalue weighted by molar-refractivity contribution is 0.0953. The summed E-state index contributed by atoms with van der Waals surface area (Å²) in [5.74, 6) is 0.907. The molecule has 0 aliphatic rings. The maximum absolute atomic E-state index is 12.2. The number of carbonyl (C=O) groups excluding carboxylic acids is 1. The van der Waals surface area contributed by atoms with Crippen LogP contribution in [0.25, 0.3) is 0 Å². The van der Waals surface area contributed by atoms with Gasteiger partial charge in [0.15, 0.2) is 0 Å². The van der Waals surface area contributed by atoms with Crippen LogP contribution in [0.4, 0.5) is 0 Å². The molecule has 0 aliphatic heterocycles. The van der Waals surface area contributed by atoms with E-state index in [2.05, 4.69) is 41.1 Å². The Bertz CT molecular complexity index is 663. The van der Waals surface area contributed by atoms with Crippen LogP contribution in [0.5, 0.6) is 0 Å². The summed E-state index contributed by atoms with van der Waals surface area (Å²) in [6.07, 6.45) is 3.20. The average molecular weight is 343 g/mol. The van der Waals surface area contributed by atoms with Gasteiger partial charge in [-0.05, 0) is 44.5 Å². The number of aromatic nitrogens is 3. The molecule has 6 heteroatoms. The molecule has 2 aromatic rings. The van der Waals surface area contributed by atoms with Gasteiger partial charge in [0.2, 0.25) is 0 Å². The topological polar surface area (TPSA) is 63.1 Å². The molecule has 6 nitrogen and oxygen atoms in total. The maximum Gasteiger partial charge on any atom is 0.251 e. The lowest BCUT2D eigenvalue weighted by Crippen LogP contribution is -2.30. The molecule has 0 aliphatic carbocycles. The van der Waals surface area contributed by atoms with E-state index in [9.17, 15) is 4.79 Å². The van der Waals surface area contributed by atoms with Gasteiger partial charge in [-0.2, -0.15) is 5.10 Å². The summed E-state index contributed by atoms with van der Waals surface area (Å²) in [6.45, 7) is 9.13. The van der Waals surface area contributed by atoms with Gasteiger partial charge in [-0.15, -0.1) is 0 Å². The van der Waals surface area contributed by atoms with Crippen molar-refractivity contribution in [2.24, 2.45) is 7.05 Å². The van der Waals surface area contributed by atoms with Crippen molar-refractivity contribution < 1.29 is 4.79 Å². The number of hydrogen-bond acceptors (Lipinski definition) is 4. The molecule has 2 rings (SSSR count). The van der Waals surface area contributed by atoms with Gasteiger partial charge < -0.3 is 5.32 Å². The molecule has 1 heterocycles. The lowest BCUT2D eigenvalue weighted by atomic mass is 10.1. The number of aryl methyl sites for hydroxylation is 2. The standard InChI is InChI=1S/C19H29N5O/c1-5-24(15(2)3)13-16-8-10-17(11-9-16)19(25)20-12-6-7-18-21-14-22-23(18)4/h8-11,14-15H,5-7,12-13H2,1-4H3,(H,20,25). The van der Waals surface area contributed by atoms with E-state index >= 15 is 0 Å². The van der Waals surface area contributed by atoms with E-state index in [-0.39, 0.29) is 5.91 Å². The Hall–Kier alpha value is -2.21. The van der Waals surface area contributed by atoms with Gasteiger partial charge in [-0.25, -0.2) is 4.98 Å². The van der Waals surface area contributed by atoms with Crippen molar-refractivity contribution in [3.05, 3.63) is 47.5 Å². The lowest BCUT2D eigenvalue weighted by Gasteiger charge is -2.24. The van der Waals surface area contributed by atoms with E-state index in [4.69, 9.17) is 0 Å². The Morgan fingerprint density at radius 3 is 2.56 bits per heavy atom. The number of carbonyl (C=O) groups is 1. The first-order chi connectivity index (χ1) is 12.0. The van der Waals surface area contributed by atoms with Crippen LogP contribution in [0.1, 0.15) is 48.9 Å². The first-order valence-electron chi connectivity index (χ1n) is 8.95. The molecule has 0 saturated heterocycles. The van der Waals surface area contributed by atoms with Gasteiger partial charge >= 0.3 is 0 Å². The van der Waals surface area contributed by atoms with Crippen molar-refractivity contribution in [1.29, 1.82) is 0 Å². The molecule has 136 valence electrons. The molecule has 0 saturated carbocycles. The molecule has 0 atom stereocenters. The van der Waals surface area contributed by atoms with Crippen LogP contribution in [-0.4, -0.2) is 44.7 Å². The highest BCUT2D eigenvalue weighted by atomic mass is 16.1. The van der Waals surface area contributed by atoms with Gasteiger partial charge in [0.1, 0.15) is 12.2 Å². The Balaban J connectivity index is 1.78. The minimum atomic E-state index is -0.0271. The highest BCUT2D eigenvalue weighted by Gasteiger charge is 2.09. The zero-order chi connectivity index (χ0) is 18.2. The van der Waals surface area contributed by atoms with Crippen molar-refractivity contribution in [2.75, 3.05) is 13.1 Å². The highest BCUT2D eigenvalue weighted by molar-refractivity contribution is 5.94. The number of rotatable bonds is 9. The number of nitrogens with zero attached hydrogens (tertiary/aromatic N) is 4. The summed E-state index contributed by atoms with van der Waals surface area (Å²) in [5, 5.41) is 7.00. The third-order valence-electron chi connectivity index (χ3n) is 4.41. The minimum absolute atomic E-state index is 0.0271. The second kappa shape index (κ2) is 9.32. The van der Waals surface area contributed by atoms with Gasteiger partial charge in [-0.1, -0.05) is 19.1 Å². The van der Waals surface area contributed by atoms with Crippen LogP contribution in [-0.2, 0) is 20.0 Å². The summed E-state index contributed by atoms with van der Waals surface area (Å²) in [4.78, 5) is 18.8. The predicted molar refractivity (Wildman–Crippen MR) is 99.3 cm³/mol. The average Bonchev–Trinajstić information content (AvgIpc) is 3.01. The van der Waals surface area contributed by atoms with E-state index in [1.54, 1.807) is 11.0 Å². The van der Waals surface area contributed by atoms with Crippen LogP contribution < -0.4 is 5.32 Å². The quantitative estimate of drug-likeness (QED) is 0.710. The molecule has 0 spiro atoms. The molecule has 25 heavy (non-hydrogen) atoms. The SMILES string of the molecule is CCN(Cc1ccc(C(=O)NCCCc2ncnn2C)cc1)C(C)C. The second-order valence-corrected chi connectivity index (χ2v) is 6.51. The zero-order valence-corrected chi connectivity index (χ0v) is 15.7. The summed E-state index contributed by atoms with van der Waals surface area (Å²) in [6, 6.07) is 8.41. The van der Waals surface area contributed by atoms with Gasteiger partial charge in [0.05, 0.1) is 0 Å². The largest absolute Gasteiger partial charge is 0.352 e. The third kappa shape index (κ3) is 5.67. The summed E-state index contributed by atoms with van der Waals surface area (Å²) < 4.78 is 1.76. The van der Waals surface area contributed by atoms with Gasteiger partial charge in [-0.3, -0.25) is 14.4 Å². The minimum Gasteiger partial charge on any atom is -0.352 e. The molecule has 0 fully saturated rings. The maximum atomic E-state index is 12.2. The highest BCUT2D eigenvalue weighted by Crippen LogP contribution is 2.10. The number of nitrogens with one attached hydrogen (secondary N) is 1. The van der Waals surface area contributed by atoms with Gasteiger partial charge in [0, 0.05) is 38.2 Å². The van der Waals surface area contributed by atoms with E-state index in [0.717, 1.165) is 31.8 Å². The Labute approximate surface area is 150 Å². The zero-order valence-electron chi connectivity index (χ0n) is 15.7. The molecule has 1 aromatic heterocycles. The van der Waals surface area contributed by atoms with Crippen LogP contribution in [0.2, 0.25) is 0 Å². The van der Waals surface area contributed by atoms with Crippen LogP contribution in [0.15, 0.2) is 30.6 Å². The van der Waals surface area contributed by atoms with E-state index in [1.165, 1.54) is 5.56 Å². The van der Waals surface area contributed by atoms with Crippen LogP contribution in [0, 0.1) is 0 Å². The molecule has 0 unspecified atom stereocenters. The van der Waals surface area contributed by atoms with E-state index < -0.39 is 0 Å². The van der Waals surface area contributed by atoms with Crippen molar-refractivity contribution >= 4 is 5.91 Å². The van der Waals surface area contributed by atoms with Crippen molar-refractivity contribution in [3.63, 3.8) is 0 Å². The normalized spacial score (nSPS) is 11.3. The van der Waals surface area contributed by atoms with Crippen molar-refractivity contribution in [1.82, 2.24) is 25.0 Å². The van der Waals surface area contributed by atoms with Crippen LogP contribution >= 0.6 is 0 Å². The van der Waals surface area contributed by atoms with Crippen molar-refractivity contribution in [3.8, 4) is 0 Å². The molecule has 0 bridgehead atoms. The molecule has 0 radical (unpaired) electrons. The number of hydrogen-bond donors (Lipinski definition) is 1. The molecule has 1 amide bonds. The summed E-state index contributed by atoms with van der Waals surface area (Å²) >= 11 is 0. The van der Waals surface area contributed by atoms with Gasteiger partial charge in [0.25, 0.3) is 5.91 Å². The summed E-state index contributed by atoms with van der Waals surface area (Å²) in [7, 11) is 1.88. The fourth-order valence-electron chi connectivity index (χ4n) is 2.75. The molecule has 1 N–H and O–H groups in total. The molecule has 1 aromatic carbocycles. The van der Waals surface area contributed by atoms with Crippen molar-refractivity contribution in [2.45, 2.75) is 46.2 Å². The number of amides is 1. The predicted octanol–water partition coefficient (Wildman–Crippen LogP) is 2.41.